The molecule has 2 amide bonds. The molecule has 3 rings (SSSR count). The molecule has 148 valence electrons. The normalized spacial score (nSPS) is 16.6. The number of anilines is 1. The summed E-state index contributed by atoms with van der Waals surface area (Å²) >= 11 is 12.7. The molecule has 1 heterocycles. The molecule has 0 aromatic heterocycles. The van der Waals surface area contributed by atoms with Gasteiger partial charge in [0, 0.05) is 11.1 Å². The third kappa shape index (κ3) is 4.67. The predicted octanol–water partition coefficient (Wildman–Crippen LogP) is 4.47. The summed E-state index contributed by atoms with van der Waals surface area (Å²) in [6.07, 6.45) is 0.992. The van der Waals surface area contributed by atoms with Gasteiger partial charge in [-0.15, -0.1) is 0 Å². The molecule has 1 aliphatic rings. The second-order valence-corrected chi connectivity index (χ2v) is 7.43. The quantitative estimate of drug-likeness (QED) is 0.507. The number of amides is 2. The van der Waals surface area contributed by atoms with E-state index in [1.807, 2.05) is 0 Å². The molecule has 29 heavy (non-hydrogen) atoms. The monoisotopic (exact) mass is 452 g/mol. The van der Waals surface area contributed by atoms with Gasteiger partial charge in [0.25, 0.3) is 11.8 Å². The Labute approximate surface area is 178 Å². The van der Waals surface area contributed by atoms with Gasteiger partial charge >= 0.3 is 5.97 Å². The Morgan fingerprint density at radius 1 is 1.17 bits per heavy atom. The summed E-state index contributed by atoms with van der Waals surface area (Å²) in [6.45, 7) is 0. The maximum atomic E-state index is 13.3. The number of carbonyl (C=O) groups excluding carboxylic acids is 3. The number of ether oxygens (including phenoxy) is 1. The predicted molar refractivity (Wildman–Crippen MR) is 110 cm³/mol. The second-order valence-electron chi connectivity index (χ2n) is 5.57. The van der Waals surface area contributed by atoms with E-state index < -0.39 is 23.6 Å². The number of esters is 1. The Morgan fingerprint density at radius 3 is 2.48 bits per heavy atom. The van der Waals surface area contributed by atoms with Gasteiger partial charge in [0.2, 0.25) is 0 Å². The Bertz CT molecular complexity index is 1070. The number of rotatable bonds is 3. The summed E-state index contributed by atoms with van der Waals surface area (Å²) in [5.74, 6) is -2.57. The molecule has 0 spiro atoms. The molecule has 0 radical (unpaired) electrons. The molecule has 1 saturated heterocycles. The molecule has 6 nitrogen and oxygen atoms in total. The molecule has 2 aromatic carbocycles. The number of hydrogen-bond donors (Lipinski definition) is 0. The Hall–Kier alpha value is -2.68. The van der Waals surface area contributed by atoms with E-state index in [0.717, 1.165) is 34.9 Å². The molecule has 0 saturated carbocycles. The number of methoxy groups -OCH3 is 1. The second kappa shape index (κ2) is 8.77. The van der Waals surface area contributed by atoms with Crippen LogP contribution in [-0.2, 0) is 14.3 Å². The van der Waals surface area contributed by atoms with Gasteiger partial charge in [0.1, 0.15) is 5.82 Å². The lowest BCUT2D eigenvalue weighted by Gasteiger charge is -2.15. The van der Waals surface area contributed by atoms with Crippen LogP contribution in [0.15, 0.2) is 58.4 Å². The summed E-state index contributed by atoms with van der Waals surface area (Å²) in [4.78, 5) is 42.0. The number of aliphatic imine (C=N–C) groups is 1. The Balaban J connectivity index is 2.05. The van der Waals surface area contributed by atoms with E-state index in [-0.39, 0.29) is 26.3 Å². The van der Waals surface area contributed by atoms with E-state index in [0.29, 0.717) is 5.02 Å². The Kier molecular flexibility index (Phi) is 6.36. The standard InChI is InChI=1S/C19H11Cl2FN2O4S/c1-28-16(25)9-15-18(27)24(12-5-3-11(22)4-6-12)19(29-15)23-17(26)13-7-2-10(20)8-14(13)21/h2-9H,1H3. The molecular formula is C19H11Cl2FN2O4S. The SMILES string of the molecule is COC(=O)C=C1SC(=NC(=O)c2ccc(Cl)cc2Cl)N(c2ccc(F)cc2)C1=O. The van der Waals surface area contributed by atoms with Gasteiger partial charge in [-0.3, -0.25) is 14.5 Å². The fourth-order valence-corrected chi connectivity index (χ4v) is 3.77. The van der Waals surface area contributed by atoms with Crippen LogP contribution in [0, 0.1) is 5.82 Å². The van der Waals surface area contributed by atoms with Crippen LogP contribution >= 0.6 is 35.0 Å². The van der Waals surface area contributed by atoms with E-state index >= 15 is 0 Å². The third-order valence-electron chi connectivity index (χ3n) is 3.70. The van der Waals surface area contributed by atoms with E-state index in [1.165, 1.54) is 37.4 Å². The van der Waals surface area contributed by atoms with Crippen molar-refractivity contribution in [2.75, 3.05) is 12.0 Å². The molecule has 2 aromatic rings. The van der Waals surface area contributed by atoms with Crippen LogP contribution in [0.3, 0.4) is 0 Å². The highest BCUT2D eigenvalue weighted by Crippen LogP contribution is 2.35. The summed E-state index contributed by atoms with van der Waals surface area (Å²) in [5.41, 5.74) is 0.354. The number of amidine groups is 1. The molecule has 0 atom stereocenters. The van der Waals surface area contributed by atoms with Crippen molar-refractivity contribution in [1.29, 1.82) is 0 Å². The van der Waals surface area contributed by atoms with E-state index in [9.17, 15) is 18.8 Å². The minimum Gasteiger partial charge on any atom is -0.466 e. The largest absolute Gasteiger partial charge is 0.466 e. The van der Waals surface area contributed by atoms with Crippen LogP contribution in [0.2, 0.25) is 10.0 Å². The minimum atomic E-state index is -0.742. The molecule has 0 bridgehead atoms. The fraction of sp³-hybridized carbons (Fsp3) is 0.0526. The van der Waals surface area contributed by atoms with Crippen molar-refractivity contribution in [1.82, 2.24) is 0 Å². The van der Waals surface area contributed by atoms with Crippen molar-refractivity contribution in [2.45, 2.75) is 0 Å². The molecular weight excluding hydrogens is 442 g/mol. The highest BCUT2D eigenvalue weighted by molar-refractivity contribution is 8.19. The van der Waals surface area contributed by atoms with Crippen molar-refractivity contribution < 1.29 is 23.5 Å². The van der Waals surface area contributed by atoms with Gasteiger partial charge in [-0.2, -0.15) is 4.99 Å². The van der Waals surface area contributed by atoms with Gasteiger partial charge in [-0.05, 0) is 54.2 Å². The zero-order valence-corrected chi connectivity index (χ0v) is 17.0. The summed E-state index contributed by atoms with van der Waals surface area (Å²) in [7, 11) is 1.17. The van der Waals surface area contributed by atoms with Crippen molar-refractivity contribution in [3.05, 3.63) is 74.9 Å². The van der Waals surface area contributed by atoms with E-state index in [1.54, 1.807) is 0 Å². The van der Waals surface area contributed by atoms with Crippen molar-refractivity contribution >= 4 is 63.6 Å². The first-order valence-corrected chi connectivity index (χ1v) is 9.53. The first-order valence-electron chi connectivity index (χ1n) is 7.95. The minimum absolute atomic E-state index is 0.00470. The lowest BCUT2D eigenvalue weighted by atomic mass is 10.2. The number of carbonyl (C=O) groups is 3. The fourth-order valence-electron chi connectivity index (χ4n) is 2.34. The maximum absolute atomic E-state index is 13.3. The Morgan fingerprint density at radius 2 is 1.86 bits per heavy atom. The number of thioether (sulfide) groups is 1. The lowest BCUT2D eigenvalue weighted by molar-refractivity contribution is -0.135. The molecule has 0 N–H and O–H groups in total. The lowest BCUT2D eigenvalue weighted by Crippen LogP contribution is -2.29. The van der Waals surface area contributed by atoms with E-state index in [4.69, 9.17) is 23.2 Å². The zero-order chi connectivity index (χ0) is 21.1. The highest BCUT2D eigenvalue weighted by atomic mass is 35.5. The molecule has 0 unspecified atom stereocenters. The van der Waals surface area contributed by atoms with Crippen LogP contribution in [0.25, 0.3) is 0 Å². The average Bonchev–Trinajstić information content (AvgIpc) is 2.97. The molecule has 10 heteroatoms. The summed E-state index contributed by atoms with van der Waals surface area (Å²) in [6, 6.07) is 9.30. The molecule has 0 aliphatic carbocycles. The number of nitrogens with zero attached hydrogens (tertiary/aromatic N) is 2. The first-order chi connectivity index (χ1) is 13.8. The van der Waals surface area contributed by atoms with Gasteiger partial charge in [-0.1, -0.05) is 23.2 Å². The number of benzene rings is 2. The summed E-state index contributed by atoms with van der Waals surface area (Å²) in [5, 5.41) is 0.425. The van der Waals surface area contributed by atoms with Crippen LogP contribution < -0.4 is 4.90 Å². The third-order valence-corrected chi connectivity index (χ3v) is 5.22. The van der Waals surface area contributed by atoms with E-state index in [2.05, 4.69) is 9.73 Å². The smallest absolute Gasteiger partial charge is 0.331 e. The van der Waals surface area contributed by atoms with Gasteiger partial charge in [0.15, 0.2) is 5.17 Å². The zero-order valence-electron chi connectivity index (χ0n) is 14.7. The maximum Gasteiger partial charge on any atom is 0.331 e. The average molecular weight is 453 g/mol. The number of hydrogen-bond acceptors (Lipinski definition) is 5. The van der Waals surface area contributed by atoms with Gasteiger partial charge in [-0.25, -0.2) is 9.18 Å². The van der Waals surface area contributed by atoms with Crippen LogP contribution in [0.1, 0.15) is 10.4 Å². The van der Waals surface area contributed by atoms with Crippen molar-refractivity contribution in [3.63, 3.8) is 0 Å². The van der Waals surface area contributed by atoms with Crippen LogP contribution in [0.5, 0.6) is 0 Å². The molecule has 1 fully saturated rings. The topological polar surface area (TPSA) is 76.0 Å². The van der Waals surface area contributed by atoms with Gasteiger partial charge in [0.05, 0.1) is 28.3 Å². The number of halogens is 3. The van der Waals surface area contributed by atoms with Crippen LogP contribution in [-0.4, -0.2) is 30.1 Å². The highest BCUT2D eigenvalue weighted by Gasteiger charge is 2.36. The van der Waals surface area contributed by atoms with Gasteiger partial charge < -0.3 is 4.74 Å². The van der Waals surface area contributed by atoms with Crippen molar-refractivity contribution in [2.24, 2.45) is 4.99 Å². The van der Waals surface area contributed by atoms with Crippen LogP contribution in [0.4, 0.5) is 10.1 Å². The molecule has 1 aliphatic heterocycles. The van der Waals surface area contributed by atoms with Crippen molar-refractivity contribution in [3.8, 4) is 0 Å². The first kappa shape index (κ1) is 21.0. The summed E-state index contributed by atoms with van der Waals surface area (Å²) < 4.78 is 17.8.